The fourth-order valence-corrected chi connectivity index (χ4v) is 4.48. The number of carbonyl (C=O) groups excluding carboxylic acids is 2. The van der Waals surface area contributed by atoms with E-state index in [0.717, 1.165) is 11.1 Å². The summed E-state index contributed by atoms with van der Waals surface area (Å²) in [6, 6.07) is 9.12. The SMILES string of the molecule is CN(C(=O)O)C1c2nn(C(=O)NCCCNC(=O)OC(C)(C)C)cc2C2CN1CN2OCc1ccccc1. The van der Waals surface area contributed by atoms with Crippen LogP contribution in [0.25, 0.3) is 0 Å². The molecule has 3 amide bonds. The van der Waals surface area contributed by atoms with Gasteiger partial charge < -0.3 is 20.5 Å². The summed E-state index contributed by atoms with van der Waals surface area (Å²) in [7, 11) is 1.49. The number of ether oxygens (including phenoxy) is 1. The van der Waals surface area contributed by atoms with Crippen LogP contribution in [0.2, 0.25) is 0 Å². The smallest absolute Gasteiger partial charge is 0.408 e. The maximum absolute atomic E-state index is 12.8. The van der Waals surface area contributed by atoms with Crippen LogP contribution in [0.3, 0.4) is 0 Å². The van der Waals surface area contributed by atoms with Gasteiger partial charge in [0.1, 0.15) is 17.5 Å². The van der Waals surface area contributed by atoms with Crippen molar-refractivity contribution in [1.29, 1.82) is 0 Å². The molecule has 1 aromatic carbocycles. The molecule has 0 radical (unpaired) electrons. The highest BCUT2D eigenvalue weighted by molar-refractivity contribution is 5.76. The van der Waals surface area contributed by atoms with Gasteiger partial charge in [-0.15, -0.1) is 0 Å². The number of rotatable bonds is 8. The Bertz CT molecular complexity index is 1150. The van der Waals surface area contributed by atoms with Gasteiger partial charge in [-0.3, -0.25) is 14.6 Å². The lowest BCUT2D eigenvalue weighted by molar-refractivity contribution is -0.185. The van der Waals surface area contributed by atoms with Gasteiger partial charge in [0, 0.05) is 38.4 Å². The predicted octanol–water partition coefficient (Wildman–Crippen LogP) is 2.73. The Labute approximate surface area is 221 Å². The minimum absolute atomic E-state index is 0.202. The van der Waals surface area contributed by atoms with E-state index in [1.807, 2.05) is 40.3 Å². The van der Waals surface area contributed by atoms with Crippen LogP contribution in [0.4, 0.5) is 14.4 Å². The zero-order valence-corrected chi connectivity index (χ0v) is 22.1. The summed E-state index contributed by atoms with van der Waals surface area (Å²) in [6.07, 6.45) is -0.135. The number of nitrogens with zero attached hydrogens (tertiary/aromatic N) is 5. The molecule has 1 fully saturated rings. The van der Waals surface area contributed by atoms with Crippen LogP contribution in [0, 0.1) is 0 Å². The lowest BCUT2D eigenvalue weighted by Crippen LogP contribution is -2.43. The molecule has 3 unspecified atom stereocenters. The molecule has 13 nitrogen and oxygen atoms in total. The first-order chi connectivity index (χ1) is 18.0. The van der Waals surface area contributed by atoms with Gasteiger partial charge >= 0.3 is 18.2 Å². The van der Waals surface area contributed by atoms with Gasteiger partial charge in [0.25, 0.3) is 0 Å². The highest BCUT2D eigenvalue weighted by atomic mass is 16.7. The molecule has 0 spiro atoms. The maximum Gasteiger partial charge on any atom is 0.408 e. The molecular weight excluding hydrogens is 494 g/mol. The van der Waals surface area contributed by atoms with Gasteiger partial charge in [-0.25, -0.2) is 14.4 Å². The van der Waals surface area contributed by atoms with Crippen molar-refractivity contribution in [3.05, 3.63) is 53.3 Å². The van der Waals surface area contributed by atoms with Crippen molar-refractivity contribution in [2.45, 2.75) is 51.6 Å². The lowest BCUT2D eigenvalue weighted by Gasteiger charge is -2.34. The van der Waals surface area contributed by atoms with Crippen molar-refractivity contribution < 1.29 is 29.1 Å². The standard InChI is InChI=1S/C25H35N7O6/c1-25(2,3)38-23(34)27-12-8-11-26-22(33)31-13-18-19-14-30(21(20(18)28-31)29(4)24(35)36)16-32(19)37-15-17-9-6-5-7-10-17/h5-7,9-10,13,19,21H,8,11-12,14-16H2,1-4H3,(H,26,33)(H,27,34)(H,35,36). The van der Waals surface area contributed by atoms with E-state index >= 15 is 0 Å². The Morgan fingerprint density at radius 3 is 2.55 bits per heavy atom. The molecule has 0 aliphatic carbocycles. The van der Waals surface area contributed by atoms with Crippen molar-refractivity contribution in [2.24, 2.45) is 0 Å². The van der Waals surface area contributed by atoms with E-state index in [4.69, 9.17) is 9.57 Å². The summed E-state index contributed by atoms with van der Waals surface area (Å²) in [5.41, 5.74) is 1.67. The number of carboxylic acid groups (broad SMARTS) is 1. The molecule has 2 aliphatic heterocycles. The summed E-state index contributed by atoms with van der Waals surface area (Å²) in [4.78, 5) is 45.7. The number of carbonyl (C=O) groups is 3. The van der Waals surface area contributed by atoms with Crippen LogP contribution < -0.4 is 10.6 Å². The average molecular weight is 530 g/mol. The molecule has 0 saturated carbocycles. The van der Waals surface area contributed by atoms with E-state index < -0.39 is 30.0 Å². The number of amides is 3. The molecule has 2 bridgehead atoms. The Balaban J connectivity index is 1.40. The van der Waals surface area contributed by atoms with E-state index in [2.05, 4.69) is 15.7 Å². The highest BCUT2D eigenvalue weighted by Gasteiger charge is 2.48. The summed E-state index contributed by atoms with van der Waals surface area (Å²) < 4.78 is 6.39. The van der Waals surface area contributed by atoms with Crippen molar-refractivity contribution in [3.8, 4) is 0 Å². The number of hydrogen-bond donors (Lipinski definition) is 3. The largest absolute Gasteiger partial charge is 0.465 e. The van der Waals surface area contributed by atoms with Gasteiger partial charge in [0.2, 0.25) is 0 Å². The first-order valence-corrected chi connectivity index (χ1v) is 12.5. The highest BCUT2D eigenvalue weighted by Crippen LogP contribution is 2.43. The monoisotopic (exact) mass is 529 g/mol. The third kappa shape index (κ3) is 6.41. The van der Waals surface area contributed by atoms with E-state index in [1.165, 1.54) is 16.6 Å². The number of nitrogens with one attached hydrogen (secondary N) is 2. The maximum atomic E-state index is 12.8. The number of hydroxylamine groups is 2. The van der Waals surface area contributed by atoms with Crippen molar-refractivity contribution >= 4 is 18.2 Å². The van der Waals surface area contributed by atoms with Crippen molar-refractivity contribution in [3.63, 3.8) is 0 Å². The van der Waals surface area contributed by atoms with Crippen LogP contribution in [0.5, 0.6) is 0 Å². The quantitative estimate of drug-likeness (QED) is 0.440. The lowest BCUT2D eigenvalue weighted by atomic mass is 10.0. The molecule has 3 heterocycles. The fourth-order valence-electron chi connectivity index (χ4n) is 4.48. The predicted molar refractivity (Wildman–Crippen MR) is 136 cm³/mol. The molecule has 2 aromatic rings. The van der Waals surface area contributed by atoms with Gasteiger partial charge in [-0.1, -0.05) is 30.3 Å². The summed E-state index contributed by atoms with van der Waals surface area (Å²) in [5, 5.41) is 21.4. The molecule has 206 valence electrons. The topological polar surface area (TPSA) is 142 Å². The number of benzene rings is 1. The number of aromatic nitrogens is 2. The normalized spacial score (nSPS) is 20.5. The van der Waals surface area contributed by atoms with Crippen LogP contribution >= 0.6 is 0 Å². The van der Waals surface area contributed by atoms with Crippen LogP contribution in [-0.2, 0) is 16.2 Å². The molecule has 1 saturated heterocycles. The average Bonchev–Trinajstić information content (AvgIpc) is 3.45. The third-order valence-electron chi connectivity index (χ3n) is 6.21. The Morgan fingerprint density at radius 1 is 1.16 bits per heavy atom. The molecule has 38 heavy (non-hydrogen) atoms. The van der Waals surface area contributed by atoms with E-state index in [0.29, 0.717) is 45.0 Å². The Kier molecular flexibility index (Phi) is 8.19. The molecule has 1 aromatic heterocycles. The van der Waals surface area contributed by atoms with Crippen LogP contribution in [0.15, 0.2) is 36.5 Å². The Hall–Kier alpha value is -3.68. The number of hydrogen-bond acceptors (Lipinski definition) is 8. The molecular formula is C25H35N7O6. The first kappa shape index (κ1) is 27.4. The van der Waals surface area contributed by atoms with E-state index in [9.17, 15) is 19.5 Å². The number of fused-ring (bicyclic) bond motifs is 4. The molecule has 3 N–H and O–H groups in total. The zero-order valence-electron chi connectivity index (χ0n) is 22.1. The van der Waals surface area contributed by atoms with Crippen LogP contribution in [0.1, 0.15) is 56.2 Å². The third-order valence-corrected chi connectivity index (χ3v) is 6.21. The Morgan fingerprint density at radius 2 is 1.87 bits per heavy atom. The second-order valence-corrected chi connectivity index (χ2v) is 10.3. The van der Waals surface area contributed by atoms with Gasteiger partial charge in [0.05, 0.1) is 19.3 Å². The second kappa shape index (κ2) is 11.4. The first-order valence-electron chi connectivity index (χ1n) is 12.5. The molecule has 3 atom stereocenters. The molecule has 4 rings (SSSR count). The second-order valence-electron chi connectivity index (χ2n) is 10.3. The molecule has 2 aliphatic rings. The van der Waals surface area contributed by atoms with Gasteiger partial charge in [-0.05, 0) is 32.8 Å². The molecule has 13 heteroatoms. The summed E-state index contributed by atoms with van der Waals surface area (Å²) >= 11 is 0. The van der Waals surface area contributed by atoms with Gasteiger partial charge in [-0.2, -0.15) is 14.8 Å². The van der Waals surface area contributed by atoms with E-state index in [1.54, 1.807) is 27.0 Å². The van der Waals surface area contributed by atoms with Gasteiger partial charge in [0.15, 0.2) is 0 Å². The van der Waals surface area contributed by atoms with Crippen molar-refractivity contribution in [1.82, 2.24) is 35.3 Å². The van der Waals surface area contributed by atoms with E-state index in [-0.39, 0.29) is 6.04 Å². The summed E-state index contributed by atoms with van der Waals surface area (Å²) in [5.74, 6) is 0. The van der Waals surface area contributed by atoms with Crippen LogP contribution in [-0.4, -0.2) is 86.9 Å². The summed E-state index contributed by atoms with van der Waals surface area (Å²) in [6.45, 7) is 7.29. The number of alkyl carbamates (subject to hydrolysis) is 1. The fraction of sp³-hybridized carbons (Fsp3) is 0.520. The van der Waals surface area contributed by atoms with Crippen molar-refractivity contribution in [2.75, 3.05) is 33.4 Å². The zero-order chi connectivity index (χ0) is 27.4. The minimum Gasteiger partial charge on any atom is -0.465 e. The minimum atomic E-state index is -1.10.